The fourth-order valence-corrected chi connectivity index (χ4v) is 5.85. The van der Waals surface area contributed by atoms with Crippen molar-refractivity contribution in [3.05, 3.63) is 89.9 Å². The fraction of sp³-hybridized carbons (Fsp3) is 0.286. The van der Waals surface area contributed by atoms with E-state index in [1.54, 1.807) is 24.3 Å². The Morgan fingerprint density at radius 3 is 2.66 bits per heavy atom. The number of thioether (sulfide) groups is 1. The van der Waals surface area contributed by atoms with Crippen LogP contribution in [-0.4, -0.2) is 34.8 Å². The molecule has 1 saturated heterocycles. The third-order valence-electron chi connectivity index (χ3n) is 6.50. The zero-order valence-electron chi connectivity index (χ0n) is 19.5. The summed E-state index contributed by atoms with van der Waals surface area (Å²) in [5.74, 6) is 0.799. The molecule has 182 valence electrons. The molecule has 0 aliphatic carbocycles. The molecule has 2 aliphatic rings. The topological polar surface area (TPSA) is 62.2 Å². The number of halogens is 1. The number of phenolic OH excluding ortho intramolecular Hbond substituents is 2. The molecule has 2 heterocycles. The number of hydrogen-bond acceptors (Lipinski definition) is 6. The van der Waals surface area contributed by atoms with Crippen LogP contribution < -0.4 is 9.47 Å². The molecule has 35 heavy (non-hydrogen) atoms. The number of hydrogen-bond donors (Lipinski definition) is 2. The van der Waals surface area contributed by atoms with Crippen LogP contribution in [0.2, 0.25) is 0 Å². The number of benzene rings is 3. The Morgan fingerprint density at radius 1 is 1.14 bits per heavy atom. The number of aromatic hydroxyl groups is 2. The molecule has 0 spiro atoms. The molecule has 3 aromatic carbocycles. The molecular formula is C28H28FNO4S. The standard InChI is InChI=1S/C28H28FNO4S/c1-17-12-13-30(15-17)18(2)16-33-22-8-6-19(7-9-22)26-27(20-4-3-5-21(31)14-20)35-28-24(34-26)11-10-23(32)25(28)29/h3-11,14,17,26-27,31-32H,2,12-13,15-16H2,1H3/t17-,26+,27-/m1/s1. The Morgan fingerprint density at radius 2 is 1.94 bits per heavy atom. The summed E-state index contributed by atoms with van der Waals surface area (Å²) < 4.78 is 26.9. The summed E-state index contributed by atoms with van der Waals surface area (Å²) in [4.78, 5) is 2.53. The highest BCUT2D eigenvalue weighted by atomic mass is 32.2. The molecule has 5 nitrogen and oxygen atoms in total. The van der Waals surface area contributed by atoms with Gasteiger partial charge in [-0.05, 0) is 59.9 Å². The van der Waals surface area contributed by atoms with E-state index in [0.717, 1.165) is 35.7 Å². The number of ether oxygens (including phenoxy) is 2. The second kappa shape index (κ2) is 9.74. The number of fused-ring (bicyclic) bond motifs is 1. The van der Waals surface area contributed by atoms with Crippen LogP contribution in [-0.2, 0) is 0 Å². The van der Waals surface area contributed by atoms with E-state index in [4.69, 9.17) is 9.47 Å². The van der Waals surface area contributed by atoms with Gasteiger partial charge in [0.15, 0.2) is 11.6 Å². The lowest BCUT2D eigenvalue weighted by Crippen LogP contribution is -2.23. The van der Waals surface area contributed by atoms with Crippen molar-refractivity contribution in [2.24, 2.45) is 5.92 Å². The van der Waals surface area contributed by atoms with Crippen molar-refractivity contribution in [2.75, 3.05) is 19.7 Å². The predicted molar refractivity (Wildman–Crippen MR) is 135 cm³/mol. The van der Waals surface area contributed by atoms with E-state index in [0.29, 0.717) is 18.3 Å². The van der Waals surface area contributed by atoms with E-state index < -0.39 is 17.7 Å². The van der Waals surface area contributed by atoms with Gasteiger partial charge >= 0.3 is 0 Å². The van der Waals surface area contributed by atoms with Crippen molar-refractivity contribution in [1.29, 1.82) is 0 Å². The van der Waals surface area contributed by atoms with Gasteiger partial charge in [0.05, 0.1) is 10.1 Å². The van der Waals surface area contributed by atoms with Crippen LogP contribution >= 0.6 is 11.8 Å². The number of rotatable bonds is 6. The van der Waals surface area contributed by atoms with Crippen molar-refractivity contribution >= 4 is 11.8 Å². The predicted octanol–water partition coefficient (Wildman–Crippen LogP) is 6.44. The second-order valence-electron chi connectivity index (χ2n) is 9.16. The first-order valence-corrected chi connectivity index (χ1v) is 12.6. The third-order valence-corrected chi connectivity index (χ3v) is 7.89. The van der Waals surface area contributed by atoms with Crippen molar-refractivity contribution < 1.29 is 24.1 Å². The minimum atomic E-state index is -0.701. The molecule has 7 heteroatoms. The van der Waals surface area contributed by atoms with E-state index >= 15 is 0 Å². The van der Waals surface area contributed by atoms with Crippen LogP contribution in [0.5, 0.6) is 23.0 Å². The minimum absolute atomic E-state index is 0.125. The van der Waals surface area contributed by atoms with Gasteiger partial charge in [0.25, 0.3) is 0 Å². The first-order valence-electron chi connectivity index (χ1n) is 11.7. The lowest BCUT2D eigenvalue weighted by atomic mass is 9.99. The van der Waals surface area contributed by atoms with Crippen LogP contribution in [0.3, 0.4) is 0 Å². The zero-order valence-corrected chi connectivity index (χ0v) is 20.3. The van der Waals surface area contributed by atoms with Gasteiger partial charge in [0.2, 0.25) is 0 Å². The van der Waals surface area contributed by atoms with Crippen molar-refractivity contribution in [3.63, 3.8) is 0 Å². The Balaban J connectivity index is 1.37. The third kappa shape index (κ3) is 4.91. The highest BCUT2D eigenvalue weighted by Gasteiger charge is 2.36. The lowest BCUT2D eigenvalue weighted by Gasteiger charge is -2.34. The maximum absolute atomic E-state index is 14.7. The van der Waals surface area contributed by atoms with Crippen molar-refractivity contribution in [3.8, 4) is 23.0 Å². The van der Waals surface area contributed by atoms with E-state index in [2.05, 4.69) is 18.4 Å². The molecule has 0 bridgehead atoms. The van der Waals surface area contributed by atoms with E-state index in [1.165, 1.54) is 24.2 Å². The molecule has 0 aromatic heterocycles. The summed E-state index contributed by atoms with van der Waals surface area (Å²) in [5.41, 5.74) is 2.67. The molecule has 0 amide bonds. The summed E-state index contributed by atoms with van der Waals surface area (Å²) >= 11 is 1.28. The monoisotopic (exact) mass is 493 g/mol. The summed E-state index contributed by atoms with van der Waals surface area (Å²) in [7, 11) is 0. The first kappa shape index (κ1) is 23.4. The molecule has 2 aliphatic heterocycles. The minimum Gasteiger partial charge on any atom is -0.508 e. The van der Waals surface area contributed by atoms with E-state index in [-0.39, 0.29) is 15.9 Å². The summed E-state index contributed by atoms with van der Waals surface area (Å²) in [6.07, 6.45) is 0.744. The number of phenols is 2. The Kier molecular flexibility index (Phi) is 6.52. The van der Waals surface area contributed by atoms with Crippen molar-refractivity contribution in [2.45, 2.75) is 29.6 Å². The molecular weight excluding hydrogens is 465 g/mol. The molecule has 3 atom stereocenters. The quantitative estimate of drug-likeness (QED) is 0.412. The fourth-order valence-electron chi connectivity index (χ4n) is 4.54. The SMILES string of the molecule is C=C(COc1ccc([C@@H]2Oc3ccc(O)c(F)c3S[C@@H]2c2cccc(O)c2)cc1)N1CC[C@@H](C)C1. The average Bonchev–Trinajstić information content (AvgIpc) is 3.31. The molecule has 0 saturated carbocycles. The summed E-state index contributed by atoms with van der Waals surface area (Å²) in [6.45, 7) is 8.90. The number of likely N-dealkylation sites (tertiary alicyclic amines) is 1. The second-order valence-corrected chi connectivity index (χ2v) is 10.3. The van der Waals surface area contributed by atoms with Gasteiger partial charge in [-0.25, -0.2) is 4.39 Å². The molecule has 0 unspecified atom stereocenters. The lowest BCUT2D eigenvalue weighted by molar-refractivity contribution is 0.187. The molecule has 3 aromatic rings. The molecule has 0 radical (unpaired) electrons. The van der Waals surface area contributed by atoms with E-state index in [9.17, 15) is 14.6 Å². The molecule has 1 fully saturated rings. The summed E-state index contributed by atoms with van der Waals surface area (Å²) in [5, 5.41) is 19.6. The van der Waals surface area contributed by atoms with Gasteiger partial charge in [0.1, 0.15) is 30.0 Å². The van der Waals surface area contributed by atoms with Gasteiger partial charge < -0.3 is 24.6 Å². The van der Waals surface area contributed by atoms with Gasteiger partial charge in [-0.15, -0.1) is 11.8 Å². The van der Waals surface area contributed by atoms with Gasteiger partial charge in [0, 0.05) is 18.8 Å². The highest BCUT2D eigenvalue weighted by Crippen LogP contribution is 2.55. The van der Waals surface area contributed by atoms with Gasteiger partial charge in [-0.1, -0.05) is 37.8 Å². The normalized spacial score (nSPS) is 21.3. The van der Waals surface area contributed by atoms with Crippen LogP contribution in [0.1, 0.15) is 35.8 Å². The Bertz CT molecular complexity index is 1230. The van der Waals surface area contributed by atoms with Gasteiger partial charge in [-0.2, -0.15) is 0 Å². The average molecular weight is 494 g/mol. The zero-order chi connectivity index (χ0) is 24.5. The van der Waals surface area contributed by atoms with Crippen LogP contribution in [0.25, 0.3) is 0 Å². The smallest absolute Gasteiger partial charge is 0.182 e. The Labute approximate surface area is 208 Å². The maximum Gasteiger partial charge on any atom is 0.182 e. The van der Waals surface area contributed by atoms with E-state index in [1.807, 2.05) is 30.3 Å². The summed E-state index contributed by atoms with van der Waals surface area (Å²) in [6, 6.07) is 17.4. The van der Waals surface area contributed by atoms with Crippen LogP contribution in [0.15, 0.2) is 77.8 Å². The van der Waals surface area contributed by atoms with Crippen LogP contribution in [0, 0.1) is 11.7 Å². The first-order chi connectivity index (χ1) is 16.9. The maximum atomic E-state index is 14.7. The Hall–Kier alpha value is -3.32. The molecule has 5 rings (SSSR count). The highest BCUT2D eigenvalue weighted by molar-refractivity contribution is 7.99. The van der Waals surface area contributed by atoms with Crippen LogP contribution in [0.4, 0.5) is 4.39 Å². The largest absolute Gasteiger partial charge is 0.508 e. The number of nitrogens with zero attached hydrogens (tertiary/aromatic N) is 1. The van der Waals surface area contributed by atoms with Gasteiger partial charge in [-0.3, -0.25) is 0 Å². The van der Waals surface area contributed by atoms with Crippen molar-refractivity contribution in [1.82, 2.24) is 4.90 Å². The molecule has 2 N–H and O–H groups in total.